The molecule has 0 unspecified atom stereocenters. The summed E-state index contributed by atoms with van der Waals surface area (Å²) in [4.78, 5) is 0. The number of hydrogen-bond acceptors (Lipinski definition) is 1. The summed E-state index contributed by atoms with van der Waals surface area (Å²) in [6.45, 7) is 0.675. The Hall–Kier alpha value is -1.81. The van der Waals surface area contributed by atoms with Crippen LogP contribution >= 0.6 is 0 Å². The summed E-state index contributed by atoms with van der Waals surface area (Å²) in [6, 6.07) is 8.14. The van der Waals surface area contributed by atoms with Crippen LogP contribution in [-0.2, 0) is 6.54 Å². The lowest BCUT2D eigenvalue weighted by Gasteiger charge is -2.07. The Bertz CT molecular complexity index is 526. The highest BCUT2D eigenvalue weighted by atomic mass is 19.1. The molecule has 0 aliphatic heterocycles. The quantitative estimate of drug-likeness (QED) is 0.880. The topological polar surface area (TPSA) is 12.0 Å². The third-order valence-electron chi connectivity index (χ3n) is 2.63. The molecule has 2 rings (SSSR count). The second-order valence-electron chi connectivity index (χ2n) is 3.97. The van der Waals surface area contributed by atoms with Crippen molar-refractivity contribution in [3.63, 3.8) is 0 Å². The molecule has 0 bridgehead atoms. The van der Waals surface area contributed by atoms with Gasteiger partial charge in [-0.2, -0.15) is 0 Å². The SMILES string of the molecule is CNCc1ccc(-c2c(F)cc(F)cc2F)cc1. The maximum Gasteiger partial charge on any atom is 0.136 e. The van der Waals surface area contributed by atoms with Crippen molar-refractivity contribution in [2.45, 2.75) is 6.54 Å². The molecule has 0 amide bonds. The van der Waals surface area contributed by atoms with Crippen molar-refractivity contribution >= 4 is 0 Å². The fraction of sp³-hybridized carbons (Fsp3) is 0.143. The fourth-order valence-electron chi connectivity index (χ4n) is 1.81. The van der Waals surface area contributed by atoms with Gasteiger partial charge in [0.25, 0.3) is 0 Å². The van der Waals surface area contributed by atoms with E-state index in [-0.39, 0.29) is 5.56 Å². The van der Waals surface area contributed by atoms with Crippen molar-refractivity contribution in [2.75, 3.05) is 7.05 Å². The van der Waals surface area contributed by atoms with E-state index in [4.69, 9.17) is 0 Å². The first kappa shape index (κ1) is 12.6. The third-order valence-corrected chi connectivity index (χ3v) is 2.63. The van der Waals surface area contributed by atoms with Gasteiger partial charge in [-0.1, -0.05) is 24.3 Å². The summed E-state index contributed by atoms with van der Waals surface area (Å²) in [7, 11) is 1.81. The Labute approximate surface area is 103 Å². The van der Waals surface area contributed by atoms with Gasteiger partial charge < -0.3 is 5.32 Å². The average Bonchev–Trinajstić information content (AvgIpc) is 2.30. The second kappa shape index (κ2) is 5.23. The minimum atomic E-state index is -0.916. The summed E-state index contributed by atoms with van der Waals surface area (Å²) >= 11 is 0. The van der Waals surface area contributed by atoms with Crippen molar-refractivity contribution in [3.05, 3.63) is 59.4 Å². The minimum Gasteiger partial charge on any atom is -0.316 e. The van der Waals surface area contributed by atoms with E-state index in [0.29, 0.717) is 24.2 Å². The zero-order valence-electron chi connectivity index (χ0n) is 9.81. The Kier molecular flexibility index (Phi) is 3.67. The lowest BCUT2D eigenvalue weighted by Crippen LogP contribution is -2.04. The van der Waals surface area contributed by atoms with E-state index >= 15 is 0 Å². The smallest absolute Gasteiger partial charge is 0.136 e. The molecule has 1 nitrogen and oxygen atoms in total. The van der Waals surface area contributed by atoms with Crippen molar-refractivity contribution in [2.24, 2.45) is 0 Å². The van der Waals surface area contributed by atoms with E-state index in [1.165, 1.54) is 0 Å². The Morgan fingerprint density at radius 3 is 2.00 bits per heavy atom. The van der Waals surface area contributed by atoms with E-state index in [9.17, 15) is 13.2 Å². The van der Waals surface area contributed by atoms with Crippen molar-refractivity contribution in [1.29, 1.82) is 0 Å². The summed E-state index contributed by atoms with van der Waals surface area (Å²) < 4.78 is 39.9. The highest BCUT2D eigenvalue weighted by molar-refractivity contribution is 5.65. The fourth-order valence-corrected chi connectivity index (χ4v) is 1.81. The van der Waals surface area contributed by atoms with Crippen LogP contribution in [0.3, 0.4) is 0 Å². The predicted octanol–water partition coefficient (Wildman–Crippen LogP) is 3.49. The molecule has 0 aliphatic carbocycles. The molecule has 1 N–H and O–H groups in total. The summed E-state index contributed by atoms with van der Waals surface area (Å²) in [5.41, 5.74) is 1.20. The molecule has 0 radical (unpaired) electrons. The second-order valence-corrected chi connectivity index (χ2v) is 3.97. The van der Waals surface area contributed by atoms with Crippen LogP contribution in [0.25, 0.3) is 11.1 Å². The van der Waals surface area contributed by atoms with E-state index in [1.807, 2.05) is 7.05 Å². The van der Waals surface area contributed by atoms with Crippen LogP contribution in [-0.4, -0.2) is 7.05 Å². The number of benzene rings is 2. The van der Waals surface area contributed by atoms with Crippen molar-refractivity contribution < 1.29 is 13.2 Å². The number of rotatable bonds is 3. The molecule has 18 heavy (non-hydrogen) atoms. The normalized spacial score (nSPS) is 10.7. The summed E-state index contributed by atoms with van der Waals surface area (Å²) in [5.74, 6) is -2.71. The maximum atomic E-state index is 13.6. The van der Waals surface area contributed by atoms with Gasteiger partial charge in [0.15, 0.2) is 0 Å². The Morgan fingerprint density at radius 1 is 0.944 bits per heavy atom. The number of halogens is 3. The van der Waals surface area contributed by atoms with Gasteiger partial charge in [0, 0.05) is 18.7 Å². The molecule has 94 valence electrons. The Morgan fingerprint density at radius 2 is 1.50 bits per heavy atom. The molecule has 0 aromatic heterocycles. The van der Waals surface area contributed by atoms with Gasteiger partial charge in [-0.05, 0) is 18.2 Å². The first-order chi connectivity index (χ1) is 8.61. The molecule has 0 heterocycles. The molecule has 0 fully saturated rings. The molecule has 0 saturated carbocycles. The van der Waals surface area contributed by atoms with E-state index in [1.54, 1.807) is 24.3 Å². The highest BCUT2D eigenvalue weighted by Gasteiger charge is 2.13. The molecule has 0 saturated heterocycles. The molecule has 0 aliphatic rings. The standard InChI is InChI=1S/C14H12F3N/c1-18-8-9-2-4-10(5-3-9)14-12(16)6-11(15)7-13(14)17/h2-7,18H,8H2,1H3. The molecular weight excluding hydrogens is 239 g/mol. The van der Waals surface area contributed by atoms with Crippen LogP contribution in [0.1, 0.15) is 5.56 Å². The van der Waals surface area contributed by atoms with Crippen LogP contribution < -0.4 is 5.32 Å². The molecule has 2 aromatic rings. The van der Waals surface area contributed by atoms with E-state index in [0.717, 1.165) is 5.56 Å². The van der Waals surface area contributed by atoms with Crippen LogP contribution in [0.4, 0.5) is 13.2 Å². The van der Waals surface area contributed by atoms with Gasteiger partial charge in [0.1, 0.15) is 17.5 Å². The van der Waals surface area contributed by atoms with Crippen molar-refractivity contribution in [1.82, 2.24) is 5.32 Å². The van der Waals surface area contributed by atoms with Gasteiger partial charge in [-0.25, -0.2) is 13.2 Å². The lowest BCUT2D eigenvalue weighted by atomic mass is 10.0. The van der Waals surface area contributed by atoms with E-state index in [2.05, 4.69) is 5.32 Å². The zero-order valence-corrected chi connectivity index (χ0v) is 9.81. The first-order valence-electron chi connectivity index (χ1n) is 5.50. The maximum absolute atomic E-state index is 13.6. The summed E-state index contributed by atoms with van der Waals surface area (Å²) in [5, 5.41) is 2.98. The van der Waals surface area contributed by atoms with Gasteiger partial charge in [0.2, 0.25) is 0 Å². The van der Waals surface area contributed by atoms with Crippen LogP contribution in [0.5, 0.6) is 0 Å². The molecular formula is C14H12F3N. The third kappa shape index (κ3) is 2.54. The van der Waals surface area contributed by atoms with Crippen LogP contribution in [0.2, 0.25) is 0 Å². The van der Waals surface area contributed by atoms with Crippen LogP contribution in [0, 0.1) is 17.5 Å². The largest absolute Gasteiger partial charge is 0.316 e. The monoisotopic (exact) mass is 251 g/mol. The average molecular weight is 251 g/mol. The highest BCUT2D eigenvalue weighted by Crippen LogP contribution is 2.27. The lowest BCUT2D eigenvalue weighted by molar-refractivity contribution is 0.548. The van der Waals surface area contributed by atoms with Crippen molar-refractivity contribution in [3.8, 4) is 11.1 Å². The summed E-state index contributed by atoms with van der Waals surface area (Å²) in [6.07, 6.45) is 0. The van der Waals surface area contributed by atoms with Crippen LogP contribution in [0.15, 0.2) is 36.4 Å². The Balaban J connectivity index is 2.42. The first-order valence-corrected chi connectivity index (χ1v) is 5.50. The van der Waals surface area contributed by atoms with Gasteiger partial charge in [0.05, 0.1) is 5.56 Å². The van der Waals surface area contributed by atoms with E-state index < -0.39 is 17.5 Å². The van der Waals surface area contributed by atoms with Gasteiger partial charge in [-0.3, -0.25) is 0 Å². The number of nitrogens with one attached hydrogen (secondary N) is 1. The zero-order chi connectivity index (χ0) is 13.1. The molecule has 0 spiro atoms. The molecule has 2 aromatic carbocycles. The molecule has 0 atom stereocenters. The van der Waals surface area contributed by atoms with Gasteiger partial charge >= 0.3 is 0 Å². The predicted molar refractivity (Wildman–Crippen MR) is 64.5 cm³/mol. The number of hydrogen-bond donors (Lipinski definition) is 1. The minimum absolute atomic E-state index is 0.201. The molecule has 4 heteroatoms. The van der Waals surface area contributed by atoms with Gasteiger partial charge in [-0.15, -0.1) is 0 Å².